The van der Waals surface area contributed by atoms with Gasteiger partial charge in [-0.2, -0.15) is 0 Å². The summed E-state index contributed by atoms with van der Waals surface area (Å²) >= 11 is 5.93. The Bertz CT molecular complexity index is 528. The molecule has 0 amide bonds. The van der Waals surface area contributed by atoms with Crippen molar-refractivity contribution in [1.82, 2.24) is 4.98 Å². The Kier molecular flexibility index (Phi) is 3.37. The molecule has 2 nitrogen and oxygen atoms in total. The van der Waals surface area contributed by atoms with Gasteiger partial charge < -0.3 is 4.90 Å². The third-order valence-electron chi connectivity index (χ3n) is 3.78. The highest BCUT2D eigenvalue weighted by atomic mass is 35.5. The normalized spacial score (nSPS) is 17.3. The lowest BCUT2D eigenvalue weighted by Gasteiger charge is -2.32. The number of hydrogen-bond donors (Lipinski definition) is 0. The summed E-state index contributed by atoms with van der Waals surface area (Å²) in [5.41, 5.74) is 0. The second-order valence-corrected chi connectivity index (χ2v) is 5.25. The van der Waals surface area contributed by atoms with Gasteiger partial charge in [-0.1, -0.05) is 24.3 Å². The van der Waals surface area contributed by atoms with E-state index in [0.717, 1.165) is 24.8 Å². The molecule has 1 aliphatic rings. The van der Waals surface area contributed by atoms with Crippen molar-refractivity contribution in [1.29, 1.82) is 0 Å². The zero-order chi connectivity index (χ0) is 12.4. The highest BCUT2D eigenvalue weighted by Crippen LogP contribution is 2.28. The number of anilines is 1. The van der Waals surface area contributed by atoms with Crippen LogP contribution in [0.4, 0.5) is 5.82 Å². The molecular formula is C15H17ClN2. The molecule has 1 aromatic heterocycles. The molecule has 1 aliphatic heterocycles. The number of hydrogen-bond acceptors (Lipinski definition) is 2. The van der Waals surface area contributed by atoms with Gasteiger partial charge in [0.15, 0.2) is 0 Å². The smallest absolute Gasteiger partial charge is 0.136 e. The lowest BCUT2D eigenvalue weighted by molar-refractivity contribution is 0.441. The van der Waals surface area contributed by atoms with Crippen molar-refractivity contribution >= 4 is 28.2 Å². The van der Waals surface area contributed by atoms with Crippen LogP contribution in [-0.2, 0) is 0 Å². The highest BCUT2D eigenvalue weighted by molar-refractivity contribution is 6.18. The van der Waals surface area contributed by atoms with E-state index in [4.69, 9.17) is 11.6 Å². The van der Waals surface area contributed by atoms with E-state index in [1.165, 1.54) is 23.6 Å². The van der Waals surface area contributed by atoms with Gasteiger partial charge >= 0.3 is 0 Å². The average molecular weight is 261 g/mol. The van der Waals surface area contributed by atoms with Gasteiger partial charge in [-0.3, -0.25) is 0 Å². The summed E-state index contributed by atoms with van der Waals surface area (Å²) in [5.74, 6) is 2.59. The maximum Gasteiger partial charge on any atom is 0.136 e. The second kappa shape index (κ2) is 5.15. The Balaban J connectivity index is 1.91. The van der Waals surface area contributed by atoms with Crippen LogP contribution in [0.5, 0.6) is 0 Å². The van der Waals surface area contributed by atoms with E-state index in [1.807, 2.05) is 6.20 Å². The van der Waals surface area contributed by atoms with E-state index in [0.29, 0.717) is 5.92 Å². The first-order valence-electron chi connectivity index (χ1n) is 6.53. The number of nitrogens with zero attached hydrogens (tertiary/aromatic N) is 2. The van der Waals surface area contributed by atoms with E-state index < -0.39 is 0 Å². The summed E-state index contributed by atoms with van der Waals surface area (Å²) in [6.07, 6.45) is 4.26. The molecule has 2 aromatic rings. The number of benzene rings is 1. The maximum atomic E-state index is 5.93. The molecule has 0 bridgehead atoms. The van der Waals surface area contributed by atoms with Crippen molar-refractivity contribution in [3.63, 3.8) is 0 Å². The Morgan fingerprint density at radius 1 is 1.17 bits per heavy atom. The standard InChI is InChI=1S/C15H17ClN2/c16-11-12-6-9-18(10-7-12)15-14-4-2-1-3-13(14)5-8-17-15/h1-5,8,12H,6-7,9-11H2. The minimum absolute atomic E-state index is 0.679. The highest BCUT2D eigenvalue weighted by Gasteiger charge is 2.20. The molecule has 1 fully saturated rings. The van der Waals surface area contributed by atoms with Crippen LogP contribution in [-0.4, -0.2) is 24.0 Å². The SMILES string of the molecule is ClCC1CCN(c2nccc3ccccc23)CC1. The number of pyridine rings is 1. The quantitative estimate of drug-likeness (QED) is 0.766. The summed E-state index contributed by atoms with van der Waals surface area (Å²) < 4.78 is 0. The topological polar surface area (TPSA) is 16.1 Å². The predicted octanol–water partition coefficient (Wildman–Crippen LogP) is 3.69. The van der Waals surface area contributed by atoms with Crippen molar-refractivity contribution in [3.05, 3.63) is 36.5 Å². The molecule has 0 spiro atoms. The van der Waals surface area contributed by atoms with Gasteiger partial charge in [0.05, 0.1) is 0 Å². The van der Waals surface area contributed by atoms with Gasteiger partial charge in [0.1, 0.15) is 5.82 Å². The monoisotopic (exact) mass is 260 g/mol. The largest absolute Gasteiger partial charge is 0.356 e. The molecule has 0 atom stereocenters. The zero-order valence-electron chi connectivity index (χ0n) is 10.3. The van der Waals surface area contributed by atoms with Gasteiger partial charge in [-0.25, -0.2) is 4.98 Å². The second-order valence-electron chi connectivity index (χ2n) is 4.94. The number of fused-ring (bicyclic) bond motifs is 1. The van der Waals surface area contributed by atoms with Crippen molar-refractivity contribution in [2.75, 3.05) is 23.9 Å². The van der Waals surface area contributed by atoms with Crippen LogP contribution < -0.4 is 4.90 Å². The summed E-state index contributed by atoms with van der Waals surface area (Å²) in [4.78, 5) is 6.97. The van der Waals surface area contributed by atoms with Crippen LogP contribution in [0.1, 0.15) is 12.8 Å². The first-order chi connectivity index (χ1) is 8.88. The van der Waals surface area contributed by atoms with Crippen LogP contribution in [0.2, 0.25) is 0 Å². The van der Waals surface area contributed by atoms with Crippen LogP contribution >= 0.6 is 11.6 Å². The summed E-state index contributed by atoms with van der Waals surface area (Å²) in [6, 6.07) is 10.5. The number of aromatic nitrogens is 1. The van der Waals surface area contributed by atoms with E-state index in [9.17, 15) is 0 Å². The predicted molar refractivity (Wildman–Crippen MR) is 77.4 cm³/mol. The van der Waals surface area contributed by atoms with Crippen LogP contribution in [0.15, 0.2) is 36.5 Å². The lowest BCUT2D eigenvalue weighted by atomic mass is 9.98. The van der Waals surface area contributed by atoms with Crippen molar-refractivity contribution in [3.8, 4) is 0 Å². The van der Waals surface area contributed by atoms with E-state index in [1.54, 1.807) is 0 Å². The molecule has 0 aliphatic carbocycles. The Labute approximate surface area is 113 Å². The number of piperidine rings is 1. The molecule has 0 N–H and O–H groups in total. The van der Waals surface area contributed by atoms with Gasteiger partial charge in [0.25, 0.3) is 0 Å². The summed E-state index contributed by atoms with van der Waals surface area (Å²) in [5, 5.41) is 2.52. The minimum atomic E-state index is 0.679. The number of halogens is 1. The fraction of sp³-hybridized carbons (Fsp3) is 0.400. The molecule has 18 heavy (non-hydrogen) atoms. The third kappa shape index (κ3) is 2.17. The Morgan fingerprint density at radius 2 is 1.94 bits per heavy atom. The molecule has 3 heteroatoms. The van der Waals surface area contributed by atoms with Crippen LogP contribution in [0.25, 0.3) is 10.8 Å². The fourth-order valence-electron chi connectivity index (χ4n) is 2.65. The Morgan fingerprint density at radius 3 is 2.72 bits per heavy atom. The fourth-order valence-corrected chi connectivity index (χ4v) is 2.96. The number of rotatable bonds is 2. The van der Waals surface area contributed by atoms with Crippen LogP contribution in [0, 0.1) is 5.92 Å². The van der Waals surface area contributed by atoms with E-state index in [2.05, 4.69) is 40.2 Å². The van der Waals surface area contributed by atoms with Gasteiger partial charge in [0, 0.05) is 30.6 Å². The first kappa shape index (κ1) is 11.8. The number of alkyl halides is 1. The van der Waals surface area contributed by atoms with Gasteiger partial charge in [-0.15, -0.1) is 11.6 Å². The molecule has 0 unspecified atom stereocenters. The molecule has 1 saturated heterocycles. The van der Waals surface area contributed by atoms with Crippen molar-refractivity contribution in [2.24, 2.45) is 5.92 Å². The van der Waals surface area contributed by atoms with Gasteiger partial charge in [-0.05, 0) is 30.2 Å². The molecule has 0 radical (unpaired) electrons. The first-order valence-corrected chi connectivity index (χ1v) is 7.06. The summed E-state index contributed by atoms with van der Waals surface area (Å²) in [6.45, 7) is 2.14. The van der Waals surface area contributed by atoms with Crippen LogP contribution in [0.3, 0.4) is 0 Å². The molecule has 3 rings (SSSR count). The zero-order valence-corrected chi connectivity index (χ0v) is 11.1. The molecule has 0 saturated carbocycles. The molecular weight excluding hydrogens is 244 g/mol. The third-order valence-corrected chi connectivity index (χ3v) is 4.22. The summed E-state index contributed by atoms with van der Waals surface area (Å²) in [7, 11) is 0. The molecule has 2 heterocycles. The average Bonchev–Trinajstić information content (AvgIpc) is 2.47. The molecule has 94 valence electrons. The minimum Gasteiger partial charge on any atom is -0.356 e. The van der Waals surface area contributed by atoms with Crippen molar-refractivity contribution < 1.29 is 0 Å². The van der Waals surface area contributed by atoms with Gasteiger partial charge in [0.2, 0.25) is 0 Å². The molecule has 1 aromatic carbocycles. The van der Waals surface area contributed by atoms with E-state index in [-0.39, 0.29) is 0 Å². The van der Waals surface area contributed by atoms with Crippen molar-refractivity contribution in [2.45, 2.75) is 12.8 Å². The lowest BCUT2D eigenvalue weighted by Crippen LogP contribution is -2.34. The maximum absolute atomic E-state index is 5.93. The Hall–Kier alpha value is -1.28. The van der Waals surface area contributed by atoms with E-state index >= 15 is 0 Å².